The molecule has 1 aromatic rings. The number of rotatable bonds is 3. The number of ether oxygens (including phenoxy) is 1. The van der Waals surface area contributed by atoms with E-state index in [4.69, 9.17) is 10.5 Å². The van der Waals surface area contributed by atoms with Crippen molar-refractivity contribution in [3.05, 3.63) is 18.2 Å². The molecule has 3 heteroatoms. The molecule has 3 nitrogen and oxygen atoms in total. The Kier molecular flexibility index (Phi) is 2.48. The molecule has 1 aliphatic heterocycles. The van der Waals surface area contributed by atoms with E-state index in [9.17, 15) is 0 Å². The number of hydrogen-bond donors (Lipinski definition) is 1. The largest absolute Gasteiger partial charge is 0.492 e. The number of nitrogens with two attached hydrogens (primary N) is 1. The highest BCUT2D eigenvalue weighted by Gasteiger charge is 2.18. The maximum Gasteiger partial charge on any atom is 0.144 e. The summed E-state index contributed by atoms with van der Waals surface area (Å²) in [5.41, 5.74) is 7.90. The Hall–Kier alpha value is -1.38. The Labute approximate surface area is 84.5 Å². The molecule has 14 heavy (non-hydrogen) atoms. The lowest BCUT2D eigenvalue weighted by Crippen LogP contribution is -2.37. The third-order valence-corrected chi connectivity index (χ3v) is 2.54. The first-order valence-corrected chi connectivity index (χ1v) is 5.09. The van der Waals surface area contributed by atoms with Crippen molar-refractivity contribution in [3.8, 4) is 5.75 Å². The third-order valence-electron chi connectivity index (χ3n) is 2.54. The Bertz CT molecular complexity index is 321. The average Bonchev–Trinajstić information content (AvgIpc) is 2.09. The minimum atomic E-state index is 0.660. The number of nitrogen functional groups attached to an aromatic ring is 1. The van der Waals surface area contributed by atoms with Crippen LogP contribution in [0.3, 0.4) is 0 Å². The van der Waals surface area contributed by atoms with Gasteiger partial charge in [-0.1, -0.05) is 6.07 Å². The van der Waals surface area contributed by atoms with Crippen LogP contribution in [-0.4, -0.2) is 19.7 Å². The van der Waals surface area contributed by atoms with E-state index in [1.807, 2.05) is 19.1 Å². The van der Waals surface area contributed by atoms with Crippen molar-refractivity contribution in [2.45, 2.75) is 13.3 Å². The molecule has 0 radical (unpaired) electrons. The van der Waals surface area contributed by atoms with Crippen LogP contribution in [0.15, 0.2) is 18.2 Å². The molecule has 0 amide bonds. The zero-order valence-corrected chi connectivity index (χ0v) is 8.49. The Morgan fingerprint density at radius 3 is 2.79 bits per heavy atom. The van der Waals surface area contributed by atoms with E-state index in [1.54, 1.807) is 0 Å². The molecular formula is C11H16N2O. The Morgan fingerprint density at radius 2 is 2.21 bits per heavy atom. The van der Waals surface area contributed by atoms with Crippen LogP contribution < -0.4 is 15.4 Å². The van der Waals surface area contributed by atoms with Crippen molar-refractivity contribution in [2.24, 2.45) is 0 Å². The van der Waals surface area contributed by atoms with Crippen LogP contribution in [-0.2, 0) is 0 Å². The molecule has 0 atom stereocenters. The highest BCUT2D eigenvalue weighted by Crippen LogP contribution is 2.34. The highest BCUT2D eigenvalue weighted by molar-refractivity contribution is 5.74. The summed E-state index contributed by atoms with van der Waals surface area (Å²) in [5.74, 6) is 0.803. The smallest absolute Gasteiger partial charge is 0.144 e. The number of hydrogen-bond acceptors (Lipinski definition) is 3. The minimum absolute atomic E-state index is 0.660. The molecule has 0 saturated carbocycles. The first-order chi connectivity index (χ1) is 6.83. The van der Waals surface area contributed by atoms with Crippen molar-refractivity contribution in [3.63, 3.8) is 0 Å². The van der Waals surface area contributed by atoms with E-state index in [0.717, 1.165) is 30.2 Å². The summed E-state index contributed by atoms with van der Waals surface area (Å²) in [5, 5.41) is 0. The van der Waals surface area contributed by atoms with E-state index in [2.05, 4.69) is 11.0 Å². The van der Waals surface area contributed by atoms with E-state index < -0.39 is 0 Å². The molecule has 1 fully saturated rings. The van der Waals surface area contributed by atoms with Crippen molar-refractivity contribution >= 4 is 11.4 Å². The average molecular weight is 192 g/mol. The van der Waals surface area contributed by atoms with Gasteiger partial charge < -0.3 is 15.4 Å². The van der Waals surface area contributed by atoms with Gasteiger partial charge in [0, 0.05) is 13.1 Å². The zero-order chi connectivity index (χ0) is 9.97. The second-order valence-electron chi connectivity index (χ2n) is 3.46. The molecule has 1 heterocycles. The second-order valence-corrected chi connectivity index (χ2v) is 3.46. The van der Waals surface area contributed by atoms with Crippen molar-refractivity contribution < 1.29 is 4.74 Å². The number of nitrogens with zero attached hydrogens (tertiary/aromatic N) is 1. The summed E-state index contributed by atoms with van der Waals surface area (Å²) in [7, 11) is 0. The summed E-state index contributed by atoms with van der Waals surface area (Å²) in [4.78, 5) is 2.28. The maximum absolute atomic E-state index is 6.01. The summed E-state index contributed by atoms with van der Waals surface area (Å²) >= 11 is 0. The number of para-hydroxylation sites is 1. The fourth-order valence-electron chi connectivity index (χ4n) is 1.65. The van der Waals surface area contributed by atoms with Crippen molar-refractivity contribution in [1.82, 2.24) is 0 Å². The van der Waals surface area contributed by atoms with Crippen LogP contribution in [0.25, 0.3) is 0 Å². The minimum Gasteiger partial charge on any atom is -0.492 e. The van der Waals surface area contributed by atoms with Crippen LogP contribution in [0.4, 0.5) is 11.4 Å². The fourth-order valence-corrected chi connectivity index (χ4v) is 1.65. The lowest BCUT2D eigenvalue weighted by Gasteiger charge is -2.34. The zero-order valence-electron chi connectivity index (χ0n) is 8.49. The fraction of sp³-hybridized carbons (Fsp3) is 0.455. The number of benzene rings is 1. The van der Waals surface area contributed by atoms with Crippen LogP contribution in [0.2, 0.25) is 0 Å². The molecular weight excluding hydrogens is 176 g/mol. The van der Waals surface area contributed by atoms with Crippen LogP contribution in [0, 0.1) is 0 Å². The van der Waals surface area contributed by atoms with E-state index in [1.165, 1.54) is 6.42 Å². The predicted octanol–water partition coefficient (Wildman–Crippen LogP) is 1.88. The monoisotopic (exact) mass is 192 g/mol. The quantitative estimate of drug-likeness (QED) is 0.743. The first kappa shape index (κ1) is 9.19. The SMILES string of the molecule is CCOc1cccc(N2CCC2)c1N. The van der Waals surface area contributed by atoms with Gasteiger partial charge in [-0.2, -0.15) is 0 Å². The molecule has 0 bridgehead atoms. The van der Waals surface area contributed by atoms with Crippen molar-refractivity contribution in [2.75, 3.05) is 30.3 Å². The maximum atomic E-state index is 6.01. The van der Waals surface area contributed by atoms with E-state index >= 15 is 0 Å². The lowest BCUT2D eigenvalue weighted by molar-refractivity contribution is 0.342. The Morgan fingerprint density at radius 1 is 1.43 bits per heavy atom. The van der Waals surface area contributed by atoms with Gasteiger partial charge in [0.1, 0.15) is 5.75 Å². The standard InChI is InChI=1S/C11H16N2O/c1-2-14-10-6-3-5-9(11(10)12)13-7-4-8-13/h3,5-6H,2,4,7-8,12H2,1H3. The summed E-state index contributed by atoms with van der Waals surface area (Å²) in [6.07, 6.45) is 1.26. The van der Waals surface area contributed by atoms with Gasteiger partial charge in [0.25, 0.3) is 0 Å². The van der Waals surface area contributed by atoms with Crippen LogP contribution >= 0.6 is 0 Å². The van der Waals surface area contributed by atoms with Gasteiger partial charge in [0.15, 0.2) is 0 Å². The predicted molar refractivity (Wildman–Crippen MR) is 58.9 cm³/mol. The van der Waals surface area contributed by atoms with Gasteiger partial charge in [-0.05, 0) is 25.5 Å². The molecule has 1 saturated heterocycles. The lowest BCUT2D eigenvalue weighted by atomic mass is 10.1. The summed E-state index contributed by atoms with van der Waals surface area (Å²) in [6.45, 7) is 4.85. The van der Waals surface area contributed by atoms with Gasteiger partial charge >= 0.3 is 0 Å². The molecule has 1 aliphatic rings. The molecule has 1 aromatic carbocycles. The van der Waals surface area contributed by atoms with Gasteiger partial charge in [0.2, 0.25) is 0 Å². The molecule has 0 unspecified atom stereocenters. The first-order valence-electron chi connectivity index (χ1n) is 5.09. The Balaban J connectivity index is 2.26. The van der Waals surface area contributed by atoms with Gasteiger partial charge in [0.05, 0.1) is 18.0 Å². The topological polar surface area (TPSA) is 38.5 Å². The molecule has 0 spiro atoms. The second kappa shape index (κ2) is 3.78. The molecule has 0 aromatic heterocycles. The molecule has 76 valence electrons. The van der Waals surface area contributed by atoms with Crippen LogP contribution in [0.1, 0.15) is 13.3 Å². The summed E-state index contributed by atoms with van der Waals surface area (Å²) in [6, 6.07) is 5.97. The normalized spacial score (nSPS) is 15.1. The molecule has 0 aliphatic carbocycles. The third kappa shape index (κ3) is 1.50. The van der Waals surface area contributed by atoms with Gasteiger partial charge in [-0.15, -0.1) is 0 Å². The summed E-state index contributed by atoms with van der Waals surface area (Å²) < 4.78 is 5.44. The van der Waals surface area contributed by atoms with Crippen LogP contribution in [0.5, 0.6) is 5.75 Å². The van der Waals surface area contributed by atoms with Crippen molar-refractivity contribution in [1.29, 1.82) is 0 Å². The highest BCUT2D eigenvalue weighted by atomic mass is 16.5. The van der Waals surface area contributed by atoms with Gasteiger partial charge in [-0.3, -0.25) is 0 Å². The van der Waals surface area contributed by atoms with E-state index in [-0.39, 0.29) is 0 Å². The molecule has 2 N–H and O–H groups in total. The van der Waals surface area contributed by atoms with Gasteiger partial charge in [-0.25, -0.2) is 0 Å². The van der Waals surface area contributed by atoms with E-state index in [0.29, 0.717) is 6.61 Å². The molecule has 2 rings (SSSR count). The number of anilines is 2.